The van der Waals surface area contributed by atoms with Crippen molar-refractivity contribution in [1.29, 1.82) is 0 Å². The van der Waals surface area contributed by atoms with E-state index in [4.69, 9.17) is 0 Å². The first kappa shape index (κ1) is 10.5. The quantitative estimate of drug-likeness (QED) is 0.822. The molecule has 1 aromatic rings. The molecule has 1 aliphatic carbocycles. The fourth-order valence-electron chi connectivity index (χ4n) is 2.46. The Balaban J connectivity index is 2.04. The Morgan fingerprint density at radius 1 is 1.47 bits per heavy atom. The summed E-state index contributed by atoms with van der Waals surface area (Å²) in [6, 6.07) is 0. The third kappa shape index (κ3) is 2.52. The number of hydrogen-bond acceptors (Lipinski definition) is 2. The van der Waals surface area contributed by atoms with E-state index in [0.717, 1.165) is 30.6 Å². The summed E-state index contributed by atoms with van der Waals surface area (Å²) < 4.78 is 2.29. The van der Waals surface area contributed by atoms with Crippen LogP contribution in [-0.2, 0) is 6.54 Å². The van der Waals surface area contributed by atoms with Gasteiger partial charge in [0.25, 0.3) is 0 Å². The van der Waals surface area contributed by atoms with Gasteiger partial charge in [0.1, 0.15) is 0 Å². The highest BCUT2D eigenvalue weighted by Gasteiger charge is 2.17. The van der Waals surface area contributed by atoms with Gasteiger partial charge in [0.05, 0.1) is 5.69 Å². The molecule has 15 heavy (non-hydrogen) atoms. The van der Waals surface area contributed by atoms with E-state index in [1.165, 1.54) is 25.7 Å². The van der Waals surface area contributed by atoms with Gasteiger partial charge in [0.15, 0.2) is 0 Å². The van der Waals surface area contributed by atoms with E-state index in [0.29, 0.717) is 0 Å². The van der Waals surface area contributed by atoms with Crippen molar-refractivity contribution in [2.45, 2.75) is 46.1 Å². The second-order valence-corrected chi connectivity index (χ2v) is 4.54. The first-order valence-corrected chi connectivity index (χ1v) is 6.07. The number of nitrogens with one attached hydrogen (secondary N) is 1. The zero-order chi connectivity index (χ0) is 10.7. The predicted octanol–water partition coefficient (Wildman–Crippen LogP) is 2.81. The zero-order valence-corrected chi connectivity index (χ0v) is 9.79. The first-order chi connectivity index (χ1) is 7.29. The number of nitrogens with zero attached hydrogens (tertiary/aromatic N) is 2. The van der Waals surface area contributed by atoms with Gasteiger partial charge in [-0.25, -0.2) is 4.98 Å². The van der Waals surface area contributed by atoms with Crippen LogP contribution in [-0.4, -0.2) is 16.1 Å². The van der Waals surface area contributed by atoms with E-state index in [2.05, 4.69) is 34.9 Å². The molecule has 2 rings (SSSR count). The van der Waals surface area contributed by atoms with Crippen LogP contribution in [0.25, 0.3) is 0 Å². The molecule has 1 saturated carbocycles. The Labute approximate surface area is 91.9 Å². The zero-order valence-electron chi connectivity index (χ0n) is 9.79. The van der Waals surface area contributed by atoms with Crippen LogP contribution in [0.1, 0.15) is 38.3 Å². The summed E-state index contributed by atoms with van der Waals surface area (Å²) >= 11 is 0. The monoisotopic (exact) mass is 207 g/mol. The molecule has 3 heteroatoms. The topological polar surface area (TPSA) is 29.9 Å². The lowest BCUT2D eigenvalue weighted by Gasteiger charge is -2.12. The number of imidazole rings is 1. The van der Waals surface area contributed by atoms with Gasteiger partial charge in [-0.15, -0.1) is 0 Å². The molecule has 1 aromatic heterocycles. The fraction of sp³-hybridized carbons (Fsp3) is 0.750. The second kappa shape index (κ2) is 4.69. The van der Waals surface area contributed by atoms with Gasteiger partial charge in [0.2, 0.25) is 5.95 Å². The minimum atomic E-state index is 0.871. The molecule has 0 spiro atoms. The lowest BCUT2D eigenvalue weighted by atomic mass is 10.1. The van der Waals surface area contributed by atoms with E-state index < -0.39 is 0 Å². The van der Waals surface area contributed by atoms with Gasteiger partial charge >= 0.3 is 0 Å². The van der Waals surface area contributed by atoms with Gasteiger partial charge in [-0.1, -0.05) is 12.8 Å². The molecule has 0 aromatic carbocycles. The Kier molecular flexibility index (Phi) is 3.29. The highest BCUT2D eigenvalue weighted by atomic mass is 15.2. The maximum Gasteiger partial charge on any atom is 0.203 e. The average molecular weight is 207 g/mol. The molecule has 0 bridgehead atoms. The molecule has 1 N–H and O–H groups in total. The number of aromatic nitrogens is 2. The molecular weight excluding hydrogens is 186 g/mol. The van der Waals surface area contributed by atoms with Crippen LogP contribution >= 0.6 is 0 Å². The maximum atomic E-state index is 4.49. The van der Waals surface area contributed by atoms with E-state index in [-0.39, 0.29) is 0 Å². The Bertz CT molecular complexity index is 311. The standard InChI is InChI=1S/C12H21N3/c1-3-13-12-14-10(2)8-15(12)9-11-6-4-5-7-11/h8,11H,3-7,9H2,1-2H3,(H,13,14). The predicted molar refractivity (Wildman–Crippen MR) is 63.1 cm³/mol. The SMILES string of the molecule is CCNc1nc(C)cn1CC1CCCC1. The summed E-state index contributed by atoms with van der Waals surface area (Å²) in [4.78, 5) is 4.49. The highest BCUT2D eigenvalue weighted by Crippen LogP contribution is 2.27. The molecule has 0 radical (unpaired) electrons. The summed E-state index contributed by atoms with van der Waals surface area (Å²) in [5.74, 6) is 1.91. The summed E-state index contributed by atoms with van der Waals surface area (Å²) in [5, 5.41) is 3.32. The third-order valence-corrected chi connectivity index (χ3v) is 3.16. The van der Waals surface area contributed by atoms with Crippen LogP contribution in [0.3, 0.4) is 0 Å². The maximum absolute atomic E-state index is 4.49. The molecule has 0 atom stereocenters. The lowest BCUT2D eigenvalue weighted by molar-refractivity contribution is 0.460. The second-order valence-electron chi connectivity index (χ2n) is 4.54. The molecule has 1 heterocycles. The van der Waals surface area contributed by atoms with E-state index in [9.17, 15) is 0 Å². The van der Waals surface area contributed by atoms with Gasteiger partial charge < -0.3 is 9.88 Å². The Morgan fingerprint density at radius 2 is 2.20 bits per heavy atom. The van der Waals surface area contributed by atoms with Gasteiger partial charge in [-0.2, -0.15) is 0 Å². The van der Waals surface area contributed by atoms with Crippen molar-refractivity contribution in [3.63, 3.8) is 0 Å². The van der Waals surface area contributed by atoms with Crippen molar-refractivity contribution in [2.75, 3.05) is 11.9 Å². The molecule has 0 saturated heterocycles. The first-order valence-electron chi connectivity index (χ1n) is 6.07. The Morgan fingerprint density at radius 3 is 2.87 bits per heavy atom. The number of aryl methyl sites for hydroxylation is 1. The largest absolute Gasteiger partial charge is 0.356 e. The molecule has 3 nitrogen and oxygen atoms in total. The van der Waals surface area contributed by atoms with E-state index in [1.807, 2.05) is 0 Å². The lowest BCUT2D eigenvalue weighted by Crippen LogP contribution is -2.11. The van der Waals surface area contributed by atoms with Crippen LogP contribution < -0.4 is 5.32 Å². The summed E-state index contributed by atoms with van der Waals surface area (Å²) in [5.41, 5.74) is 1.11. The molecule has 0 aliphatic heterocycles. The third-order valence-electron chi connectivity index (χ3n) is 3.16. The van der Waals surface area contributed by atoms with Crippen molar-refractivity contribution < 1.29 is 0 Å². The molecule has 0 amide bonds. The van der Waals surface area contributed by atoms with Gasteiger partial charge in [0, 0.05) is 19.3 Å². The smallest absolute Gasteiger partial charge is 0.203 e. The highest BCUT2D eigenvalue weighted by molar-refractivity contribution is 5.28. The van der Waals surface area contributed by atoms with Crippen LogP contribution in [0.4, 0.5) is 5.95 Å². The number of rotatable bonds is 4. The van der Waals surface area contributed by atoms with Crippen LogP contribution in [0.2, 0.25) is 0 Å². The number of hydrogen-bond donors (Lipinski definition) is 1. The summed E-state index contributed by atoms with van der Waals surface area (Å²) in [6.45, 7) is 6.26. The molecule has 1 fully saturated rings. The minimum Gasteiger partial charge on any atom is -0.356 e. The van der Waals surface area contributed by atoms with Crippen LogP contribution in [0.15, 0.2) is 6.20 Å². The van der Waals surface area contributed by atoms with Gasteiger partial charge in [-0.05, 0) is 32.6 Å². The Hall–Kier alpha value is -0.990. The van der Waals surface area contributed by atoms with Crippen molar-refractivity contribution in [1.82, 2.24) is 9.55 Å². The molecule has 84 valence electrons. The van der Waals surface area contributed by atoms with E-state index in [1.54, 1.807) is 0 Å². The van der Waals surface area contributed by atoms with Crippen molar-refractivity contribution >= 4 is 5.95 Å². The fourth-order valence-corrected chi connectivity index (χ4v) is 2.46. The van der Waals surface area contributed by atoms with E-state index >= 15 is 0 Å². The summed E-state index contributed by atoms with van der Waals surface area (Å²) in [6.07, 6.45) is 7.77. The summed E-state index contributed by atoms with van der Waals surface area (Å²) in [7, 11) is 0. The van der Waals surface area contributed by atoms with Crippen LogP contribution in [0.5, 0.6) is 0 Å². The van der Waals surface area contributed by atoms with Gasteiger partial charge in [-0.3, -0.25) is 0 Å². The number of anilines is 1. The van der Waals surface area contributed by atoms with Crippen molar-refractivity contribution in [2.24, 2.45) is 5.92 Å². The minimum absolute atomic E-state index is 0.871. The normalized spacial score (nSPS) is 17.2. The van der Waals surface area contributed by atoms with Crippen molar-refractivity contribution in [3.8, 4) is 0 Å². The molecule has 0 unspecified atom stereocenters. The molecular formula is C12H21N3. The van der Waals surface area contributed by atoms with Crippen LogP contribution in [0, 0.1) is 12.8 Å². The average Bonchev–Trinajstić information content (AvgIpc) is 2.78. The van der Waals surface area contributed by atoms with Crippen molar-refractivity contribution in [3.05, 3.63) is 11.9 Å². The molecule has 1 aliphatic rings.